The summed E-state index contributed by atoms with van der Waals surface area (Å²) >= 11 is 0. The van der Waals surface area contributed by atoms with Crippen molar-refractivity contribution in [3.05, 3.63) is 28.7 Å². The molecule has 0 aromatic carbocycles. The predicted molar refractivity (Wildman–Crippen MR) is 90.8 cm³/mol. The molecule has 1 saturated carbocycles. The summed E-state index contributed by atoms with van der Waals surface area (Å²) in [6.07, 6.45) is 6.80. The van der Waals surface area contributed by atoms with Gasteiger partial charge in [-0.25, -0.2) is 4.79 Å². The molecular formula is C17H28N2O4. The van der Waals surface area contributed by atoms with E-state index in [1.54, 1.807) is 43.7 Å². The van der Waals surface area contributed by atoms with Crippen LogP contribution in [-0.2, 0) is 4.74 Å². The molecule has 1 aromatic rings. The molecule has 1 aliphatic rings. The maximum Gasteiger partial charge on any atom is 0.412 e. The van der Waals surface area contributed by atoms with Crippen LogP contribution in [0.5, 0.6) is 0 Å². The highest BCUT2D eigenvalue weighted by atomic mass is 16.6. The van der Waals surface area contributed by atoms with E-state index in [1.807, 2.05) is 0 Å². The predicted octanol–water partition coefficient (Wildman–Crippen LogP) is 3.31. The maximum atomic E-state index is 12.5. The van der Waals surface area contributed by atoms with E-state index in [4.69, 9.17) is 9.84 Å². The number of nitrogens with zero attached hydrogens (tertiary/aromatic N) is 1. The SMILES string of the molecule is CC(C)(C)OC(=O)Nc1cccn(C2CCCCC2)c1=O.CO. The molecule has 130 valence electrons. The van der Waals surface area contributed by atoms with Gasteiger partial charge in [0.25, 0.3) is 5.56 Å². The first-order chi connectivity index (χ1) is 10.9. The van der Waals surface area contributed by atoms with Gasteiger partial charge in [-0.15, -0.1) is 0 Å². The Kier molecular flexibility index (Phi) is 7.29. The molecule has 2 N–H and O–H groups in total. The lowest BCUT2D eigenvalue weighted by Crippen LogP contribution is -2.32. The Balaban J connectivity index is 0.00000127. The van der Waals surface area contributed by atoms with Gasteiger partial charge in [-0.1, -0.05) is 19.3 Å². The van der Waals surface area contributed by atoms with E-state index < -0.39 is 11.7 Å². The van der Waals surface area contributed by atoms with Crippen LogP contribution in [0.2, 0.25) is 0 Å². The molecule has 0 saturated heterocycles. The molecular weight excluding hydrogens is 296 g/mol. The van der Waals surface area contributed by atoms with Crippen LogP contribution in [0.4, 0.5) is 10.5 Å². The van der Waals surface area contributed by atoms with Crippen LogP contribution in [0.15, 0.2) is 23.1 Å². The van der Waals surface area contributed by atoms with Crippen molar-refractivity contribution in [1.29, 1.82) is 0 Å². The van der Waals surface area contributed by atoms with Gasteiger partial charge in [0.15, 0.2) is 0 Å². The third kappa shape index (κ3) is 6.06. The van der Waals surface area contributed by atoms with Crippen molar-refractivity contribution in [2.45, 2.75) is 64.5 Å². The molecule has 2 rings (SSSR count). The van der Waals surface area contributed by atoms with E-state index >= 15 is 0 Å². The summed E-state index contributed by atoms with van der Waals surface area (Å²) in [7, 11) is 1.00. The molecule has 1 amide bonds. The van der Waals surface area contributed by atoms with Crippen molar-refractivity contribution >= 4 is 11.8 Å². The minimum atomic E-state index is -0.596. The second-order valence-electron chi connectivity index (χ2n) is 6.55. The van der Waals surface area contributed by atoms with Crippen LogP contribution < -0.4 is 10.9 Å². The third-order valence-electron chi connectivity index (χ3n) is 3.58. The molecule has 0 spiro atoms. The monoisotopic (exact) mass is 324 g/mol. The standard InChI is InChI=1S/C16H24N2O3.CH4O/c1-16(2,3)21-15(20)17-13-10-7-11-18(14(13)19)12-8-5-4-6-9-12;1-2/h7,10-12H,4-6,8-9H2,1-3H3,(H,17,20);2H,1H3. The molecule has 6 nitrogen and oxygen atoms in total. The van der Waals surface area contributed by atoms with E-state index in [9.17, 15) is 9.59 Å². The van der Waals surface area contributed by atoms with Crippen LogP contribution in [0.3, 0.4) is 0 Å². The Labute approximate surface area is 137 Å². The second kappa shape index (κ2) is 8.72. The summed E-state index contributed by atoms with van der Waals surface area (Å²) < 4.78 is 6.93. The van der Waals surface area contributed by atoms with Gasteiger partial charge in [0, 0.05) is 19.3 Å². The number of aliphatic hydroxyl groups excluding tert-OH is 1. The lowest BCUT2D eigenvalue weighted by molar-refractivity contribution is 0.0635. The number of hydrogen-bond donors (Lipinski definition) is 2. The third-order valence-corrected chi connectivity index (χ3v) is 3.58. The number of pyridine rings is 1. The number of ether oxygens (including phenoxy) is 1. The lowest BCUT2D eigenvalue weighted by atomic mass is 9.95. The highest BCUT2D eigenvalue weighted by molar-refractivity contribution is 5.84. The normalized spacial score (nSPS) is 15.3. The Bertz CT molecular complexity index is 554. The molecule has 23 heavy (non-hydrogen) atoms. The number of hydrogen-bond acceptors (Lipinski definition) is 4. The fourth-order valence-electron chi connectivity index (χ4n) is 2.67. The van der Waals surface area contributed by atoms with Crippen LogP contribution in [0.25, 0.3) is 0 Å². The zero-order valence-electron chi connectivity index (χ0n) is 14.5. The van der Waals surface area contributed by atoms with Crippen molar-refractivity contribution in [3.8, 4) is 0 Å². The van der Waals surface area contributed by atoms with Crippen LogP contribution in [-0.4, -0.2) is 28.5 Å². The van der Waals surface area contributed by atoms with Crippen LogP contribution in [0, 0.1) is 0 Å². The fraction of sp³-hybridized carbons (Fsp3) is 0.647. The molecule has 1 aliphatic carbocycles. The number of carbonyl (C=O) groups excluding carboxylic acids is 1. The first kappa shape index (κ1) is 19.2. The second-order valence-corrected chi connectivity index (χ2v) is 6.55. The summed E-state index contributed by atoms with van der Waals surface area (Å²) in [5, 5.41) is 9.55. The van der Waals surface area contributed by atoms with Crippen LogP contribution in [0.1, 0.15) is 58.9 Å². The number of nitrogens with one attached hydrogen (secondary N) is 1. The summed E-state index contributed by atoms with van der Waals surface area (Å²) in [5.41, 5.74) is -0.464. The topological polar surface area (TPSA) is 80.6 Å². The van der Waals surface area contributed by atoms with Gasteiger partial charge < -0.3 is 14.4 Å². The van der Waals surface area contributed by atoms with Gasteiger partial charge in [-0.05, 0) is 45.7 Å². The molecule has 0 bridgehead atoms. The zero-order valence-corrected chi connectivity index (χ0v) is 14.5. The highest BCUT2D eigenvalue weighted by Gasteiger charge is 2.20. The van der Waals surface area contributed by atoms with E-state index in [2.05, 4.69) is 5.32 Å². The highest BCUT2D eigenvalue weighted by Crippen LogP contribution is 2.27. The van der Waals surface area contributed by atoms with Gasteiger partial charge in [0.2, 0.25) is 0 Å². The van der Waals surface area contributed by atoms with E-state index in [-0.39, 0.29) is 17.3 Å². The minimum absolute atomic E-state index is 0.157. The first-order valence-electron chi connectivity index (χ1n) is 8.03. The van der Waals surface area contributed by atoms with Gasteiger partial charge in [0.1, 0.15) is 11.3 Å². The van der Waals surface area contributed by atoms with Crippen LogP contribution >= 0.6 is 0 Å². The van der Waals surface area contributed by atoms with Crippen molar-refractivity contribution in [2.75, 3.05) is 12.4 Å². The largest absolute Gasteiger partial charge is 0.444 e. The Hall–Kier alpha value is -1.82. The maximum absolute atomic E-state index is 12.5. The Morgan fingerprint density at radius 1 is 1.26 bits per heavy atom. The van der Waals surface area contributed by atoms with Crippen molar-refractivity contribution < 1.29 is 14.6 Å². The number of rotatable bonds is 2. The molecule has 1 heterocycles. The average Bonchev–Trinajstić information content (AvgIpc) is 2.50. The zero-order chi connectivity index (χ0) is 17.5. The minimum Gasteiger partial charge on any atom is -0.444 e. The smallest absolute Gasteiger partial charge is 0.412 e. The van der Waals surface area contributed by atoms with E-state index in [0.717, 1.165) is 32.8 Å². The molecule has 6 heteroatoms. The van der Waals surface area contributed by atoms with E-state index in [0.29, 0.717) is 0 Å². The van der Waals surface area contributed by atoms with Gasteiger partial charge in [0.05, 0.1) is 0 Å². The van der Waals surface area contributed by atoms with Gasteiger partial charge in [-0.3, -0.25) is 10.1 Å². The summed E-state index contributed by atoms with van der Waals surface area (Å²) in [6, 6.07) is 3.65. The van der Waals surface area contributed by atoms with Crippen molar-refractivity contribution in [2.24, 2.45) is 0 Å². The number of carbonyl (C=O) groups is 1. The van der Waals surface area contributed by atoms with E-state index in [1.165, 1.54) is 6.42 Å². The molecule has 0 radical (unpaired) electrons. The first-order valence-corrected chi connectivity index (χ1v) is 8.03. The molecule has 0 unspecified atom stereocenters. The lowest BCUT2D eigenvalue weighted by Gasteiger charge is -2.24. The molecule has 0 aliphatic heterocycles. The summed E-state index contributed by atoms with van der Waals surface area (Å²) in [6.45, 7) is 5.37. The Morgan fingerprint density at radius 2 is 1.87 bits per heavy atom. The molecule has 1 aromatic heterocycles. The number of amides is 1. The van der Waals surface area contributed by atoms with Crippen molar-refractivity contribution in [3.63, 3.8) is 0 Å². The average molecular weight is 324 g/mol. The van der Waals surface area contributed by atoms with Crippen molar-refractivity contribution in [1.82, 2.24) is 4.57 Å². The number of aromatic nitrogens is 1. The summed E-state index contributed by atoms with van der Waals surface area (Å²) in [4.78, 5) is 24.2. The van der Waals surface area contributed by atoms with Gasteiger partial charge in [-0.2, -0.15) is 0 Å². The number of anilines is 1. The Morgan fingerprint density at radius 3 is 2.43 bits per heavy atom. The molecule has 0 atom stereocenters. The molecule has 1 fully saturated rings. The van der Waals surface area contributed by atoms with Gasteiger partial charge >= 0.3 is 6.09 Å². The number of aliphatic hydroxyl groups is 1. The fourth-order valence-corrected chi connectivity index (χ4v) is 2.67. The summed E-state index contributed by atoms with van der Waals surface area (Å²) in [5.74, 6) is 0. The quantitative estimate of drug-likeness (QED) is 0.874.